The molecule has 0 aliphatic rings. The van der Waals surface area contributed by atoms with Crippen LogP contribution < -0.4 is 5.32 Å². The van der Waals surface area contributed by atoms with Crippen molar-refractivity contribution in [2.75, 3.05) is 11.1 Å². The number of ketones is 1. The van der Waals surface area contributed by atoms with E-state index in [9.17, 15) is 9.59 Å². The molecule has 0 unspecified atom stereocenters. The van der Waals surface area contributed by atoms with Crippen LogP contribution in [0.2, 0.25) is 0 Å². The van der Waals surface area contributed by atoms with Gasteiger partial charge in [-0.2, -0.15) is 4.68 Å². The minimum absolute atomic E-state index is 0.0334. The summed E-state index contributed by atoms with van der Waals surface area (Å²) in [5, 5.41) is 15.2. The van der Waals surface area contributed by atoms with E-state index in [4.69, 9.17) is 0 Å². The van der Waals surface area contributed by atoms with Crippen LogP contribution in [0.5, 0.6) is 0 Å². The van der Waals surface area contributed by atoms with Crippen molar-refractivity contribution < 1.29 is 9.59 Å². The summed E-state index contributed by atoms with van der Waals surface area (Å²) in [4.78, 5) is 23.9. The van der Waals surface area contributed by atoms with E-state index in [-0.39, 0.29) is 17.4 Å². The van der Waals surface area contributed by atoms with Crippen molar-refractivity contribution in [1.29, 1.82) is 0 Å². The number of Topliss-reactive ketones (excluding diaryl/α,β-unsaturated/α-hetero) is 1. The second-order valence-corrected chi connectivity index (χ2v) is 7.30. The standard InChI is InChI=1S/C20H21N5O2S/c1-4-19(27)21-16-9-7-15(8-10-16)18(26)12-28-20-22-23-24-25(20)17-11-13(2)5-6-14(17)3/h5-11H,4,12H2,1-3H3,(H,21,27). The molecule has 0 bridgehead atoms. The minimum Gasteiger partial charge on any atom is -0.326 e. The first-order chi connectivity index (χ1) is 13.5. The number of aryl methyl sites for hydroxylation is 2. The summed E-state index contributed by atoms with van der Waals surface area (Å²) in [7, 11) is 0. The molecule has 3 aromatic rings. The minimum atomic E-state index is -0.0621. The fraction of sp³-hybridized carbons (Fsp3) is 0.250. The molecular weight excluding hydrogens is 374 g/mol. The fourth-order valence-corrected chi connectivity index (χ4v) is 3.35. The van der Waals surface area contributed by atoms with Gasteiger partial charge in [-0.25, -0.2) is 0 Å². The van der Waals surface area contributed by atoms with Crippen molar-refractivity contribution in [3.05, 3.63) is 59.2 Å². The summed E-state index contributed by atoms with van der Waals surface area (Å²) in [5.41, 5.74) is 4.31. The molecule has 28 heavy (non-hydrogen) atoms. The number of carbonyl (C=O) groups is 2. The van der Waals surface area contributed by atoms with Crippen LogP contribution in [0.3, 0.4) is 0 Å². The molecule has 1 N–H and O–H groups in total. The number of rotatable bonds is 7. The largest absolute Gasteiger partial charge is 0.326 e. The van der Waals surface area contributed by atoms with Gasteiger partial charge in [0.2, 0.25) is 11.1 Å². The smallest absolute Gasteiger partial charge is 0.224 e. The zero-order valence-corrected chi connectivity index (χ0v) is 16.8. The van der Waals surface area contributed by atoms with E-state index in [1.807, 2.05) is 32.0 Å². The first kappa shape index (κ1) is 19.8. The van der Waals surface area contributed by atoms with E-state index in [1.54, 1.807) is 35.9 Å². The molecule has 0 spiro atoms. The van der Waals surface area contributed by atoms with Crippen LogP contribution >= 0.6 is 11.8 Å². The molecule has 2 aromatic carbocycles. The zero-order chi connectivity index (χ0) is 20.1. The monoisotopic (exact) mass is 395 g/mol. The van der Waals surface area contributed by atoms with Crippen LogP contribution in [0.4, 0.5) is 5.69 Å². The predicted octanol–water partition coefficient (Wildman–Crippen LogP) is 3.60. The number of carbonyl (C=O) groups excluding carboxylic acids is 2. The number of nitrogens with zero attached hydrogens (tertiary/aromatic N) is 4. The Kier molecular flexibility index (Phi) is 6.20. The average Bonchev–Trinajstić information content (AvgIpc) is 3.16. The Morgan fingerprint density at radius 2 is 1.86 bits per heavy atom. The summed E-state index contributed by atoms with van der Waals surface area (Å²) in [6.07, 6.45) is 0.409. The molecule has 0 radical (unpaired) electrons. The summed E-state index contributed by atoms with van der Waals surface area (Å²) in [5.74, 6) is 0.119. The average molecular weight is 395 g/mol. The molecule has 0 fully saturated rings. The maximum Gasteiger partial charge on any atom is 0.224 e. The second-order valence-electron chi connectivity index (χ2n) is 6.35. The van der Waals surface area contributed by atoms with Crippen molar-refractivity contribution in [2.24, 2.45) is 0 Å². The van der Waals surface area contributed by atoms with Gasteiger partial charge in [-0.3, -0.25) is 9.59 Å². The normalized spacial score (nSPS) is 10.7. The Morgan fingerprint density at radius 1 is 1.11 bits per heavy atom. The molecule has 3 rings (SSSR count). The van der Waals surface area contributed by atoms with Gasteiger partial charge in [0.05, 0.1) is 11.4 Å². The van der Waals surface area contributed by atoms with Gasteiger partial charge in [-0.05, 0) is 65.7 Å². The van der Waals surface area contributed by atoms with Crippen molar-refractivity contribution in [1.82, 2.24) is 20.2 Å². The lowest BCUT2D eigenvalue weighted by molar-refractivity contribution is -0.115. The van der Waals surface area contributed by atoms with Crippen LogP contribution in [0.25, 0.3) is 5.69 Å². The number of hydrogen-bond acceptors (Lipinski definition) is 6. The van der Waals surface area contributed by atoms with Crippen molar-refractivity contribution in [3.8, 4) is 5.69 Å². The molecule has 1 heterocycles. The number of hydrogen-bond donors (Lipinski definition) is 1. The highest BCUT2D eigenvalue weighted by Gasteiger charge is 2.14. The number of tetrazole rings is 1. The van der Waals surface area contributed by atoms with E-state index >= 15 is 0 Å². The van der Waals surface area contributed by atoms with E-state index < -0.39 is 0 Å². The second kappa shape index (κ2) is 8.79. The van der Waals surface area contributed by atoms with Crippen LogP contribution in [-0.4, -0.2) is 37.7 Å². The first-order valence-electron chi connectivity index (χ1n) is 8.90. The van der Waals surface area contributed by atoms with Gasteiger partial charge >= 0.3 is 0 Å². The Bertz CT molecular complexity index is 998. The van der Waals surface area contributed by atoms with Crippen LogP contribution in [0.15, 0.2) is 47.6 Å². The molecule has 8 heteroatoms. The first-order valence-corrected chi connectivity index (χ1v) is 9.88. The third-order valence-electron chi connectivity index (χ3n) is 4.18. The Morgan fingerprint density at radius 3 is 2.57 bits per heavy atom. The van der Waals surface area contributed by atoms with Gasteiger partial charge in [0.15, 0.2) is 5.78 Å². The van der Waals surface area contributed by atoms with Crippen molar-refractivity contribution in [2.45, 2.75) is 32.3 Å². The summed E-state index contributed by atoms with van der Waals surface area (Å²) in [6, 6.07) is 12.9. The van der Waals surface area contributed by atoms with E-state index in [0.717, 1.165) is 16.8 Å². The number of benzene rings is 2. The number of amides is 1. The Labute approximate surface area is 167 Å². The Hall–Kier alpha value is -3.00. The van der Waals surface area contributed by atoms with Crippen LogP contribution in [0.1, 0.15) is 34.8 Å². The zero-order valence-electron chi connectivity index (χ0n) is 16.0. The van der Waals surface area contributed by atoms with E-state index in [1.165, 1.54) is 11.8 Å². The molecule has 0 atom stereocenters. The van der Waals surface area contributed by atoms with Crippen LogP contribution in [-0.2, 0) is 4.79 Å². The van der Waals surface area contributed by atoms with Gasteiger partial charge < -0.3 is 5.32 Å². The summed E-state index contributed by atoms with van der Waals surface area (Å²) >= 11 is 1.29. The molecule has 0 aliphatic heterocycles. The predicted molar refractivity (Wildman–Crippen MR) is 109 cm³/mol. The summed E-state index contributed by atoms with van der Waals surface area (Å²) < 4.78 is 1.66. The molecule has 0 aliphatic carbocycles. The molecule has 144 valence electrons. The lowest BCUT2D eigenvalue weighted by atomic mass is 10.1. The molecule has 1 aromatic heterocycles. The van der Waals surface area contributed by atoms with Gasteiger partial charge in [0.1, 0.15) is 0 Å². The number of nitrogens with one attached hydrogen (secondary N) is 1. The third-order valence-corrected chi connectivity index (χ3v) is 5.10. The molecule has 0 saturated heterocycles. The van der Waals surface area contributed by atoms with Gasteiger partial charge in [-0.15, -0.1) is 5.10 Å². The van der Waals surface area contributed by atoms with Gasteiger partial charge in [-0.1, -0.05) is 30.8 Å². The van der Waals surface area contributed by atoms with E-state index in [0.29, 0.717) is 22.8 Å². The lowest BCUT2D eigenvalue weighted by Gasteiger charge is -2.08. The summed E-state index contributed by atoms with van der Waals surface area (Å²) in [6.45, 7) is 5.79. The Balaban J connectivity index is 1.68. The highest BCUT2D eigenvalue weighted by atomic mass is 32.2. The third kappa shape index (κ3) is 4.64. The fourth-order valence-electron chi connectivity index (χ4n) is 2.57. The maximum absolute atomic E-state index is 12.5. The van der Waals surface area contributed by atoms with Crippen LogP contribution in [0, 0.1) is 13.8 Å². The topological polar surface area (TPSA) is 89.8 Å². The van der Waals surface area contributed by atoms with Gasteiger partial charge in [0, 0.05) is 17.7 Å². The van der Waals surface area contributed by atoms with Gasteiger partial charge in [0.25, 0.3) is 0 Å². The SMILES string of the molecule is CCC(=O)Nc1ccc(C(=O)CSc2nnnn2-c2cc(C)ccc2C)cc1. The number of aromatic nitrogens is 4. The van der Waals surface area contributed by atoms with Crippen molar-refractivity contribution >= 4 is 29.1 Å². The molecule has 7 nitrogen and oxygen atoms in total. The maximum atomic E-state index is 12.5. The molecule has 0 saturated carbocycles. The van der Waals surface area contributed by atoms with Crippen molar-refractivity contribution in [3.63, 3.8) is 0 Å². The molecular formula is C20H21N5O2S. The highest BCUT2D eigenvalue weighted by Crippen LogP contribution is 2.22. The number of anilines is 1. The lowest BCUT2D eigenvalue weighted by Crippen LogP contribution is -2.10. The van der Waals surface area contributed by atoms with E-state index in [2.05, 4.69) is 20.8 Å². The molecule has 1 amide bonds. The highest BCUT2D eigenvalue weighted by molar-refractivity contribution is 7.99. The quantitative estimate of drug-likeness (QED) is 0.486. The number of thioether (sulfide) groups is 1.